The van der Waals surface area contributed by atoms with Crippen molar-refractivity contribution in [3.8, 4) is 0 Å². The number of anilines is 1. The SMILES string of the molecule is CN(C)[C@@H]1CCN(c2ccc([N+](=O)[O-])c(Br)c2)C1. The van der Waals surface area contributed by atoms with Crippen LogP contribution >= 0.6 is 15.9 Å². The molecule has 1 aromatic carbocycles. The zero-order valence-electron chi connectivity index (χ0n) is 10.5. The highest BCUT2D eigenvalue weighted by molar-refractivity contribution is 9.10. The van der Waals surface area contributed by atoms with E-state index in [0.29, 0.717) is 10.5 Å². The van der Waals surface area contributed by atoms with Crippen molar-refractivity contribution in [2.45, 2.75) is 12.5 Å². The van der Waals surface area contributed by atoms with Gasteiger partial charge in [-0.05, 0) is 48.6 Å². The van der Waals surface area contributed by atoms with Crippen molar-refractivity contribution in [1.29, 1.82) is 0 Å². The molecule has 1 atom stereocenters. The molecule has 0 bridgehead atoms. The van der Waals surface area contributed by atoms with Gasteiger partial charge in [-0.1, -0.05) is 0 Å². The van der Waals surface area contributed by atoms with Gasteiger partial charge in [-0.2, -0.15) is 0 Å². The topological polar surface area (TPSA) is 49.6 Å². The van der Waals surface area contributed by atoms with Crippen molar-refractivity contribution in [1.82, 2.24) is 4.90 Å². The molecule has 0 saturated carbocycles. The van der Waals surface area contributed by atoms with E-state index in [1.807, 2.05) is 12.1 Å². The second kappa shape index (κ2) is 5.24. The molecular weight excluding hydrogens is 298 g/mol. The Morgan fingerprint density at radius 1 is 1.50 bits per heavy atom. The monoisotopic (exact) mass is 313 g/mol. The van der Waals surface area contributed by atoms with E-state index in [0.717, 1.165) is 25.2 Å². The highest BCUT2D eigenvalue weighted by Crippen LogP contribution is 2.31. The van der Waals surface area contributed by atoms with E-state index in [9.17, 15) is 10.1 Å². The second-order valence-corrected chi connectivity index (χ2v) is 5.60. The van der Waals surface area contributed by atoms with Gasteiger partial charge in [-0.15, -0.1) is 0 Å². The number of hydrogen-bond acceptors (Lipinski definition) is 4. The minimum atomic E-state index is -0.375. The van der Waals surface area contributed by atoms with Crippen molar-refractivity contribution in [2.24, 2.45) is 0 Å². The first-order valence-corrected chi connectivity index (χ1v) is 6.63. The van der Waals surface area contributed by atoms with Crippen LogP contribution in [0.15, 0.2) is 22.7 Å². The molecule has 2 rings (SSSR count). The van der Waals surface area contributed by atoms with Crippen molar-refractivity contribution < 1.29 is 4.92 Å². The molecule has 1 aliphatic heterocycles. The Morgan fingerprint density at radius 2 is 2.22 bits per heavy atom. The summed E-state index contributed by atoms with van der Waals surface area (Å²) in [4.78, 5) is 14.9. The first-order chi connectivity index (χ1) is 8.49. The molecule has 98 valence electrons. The molecule has 1 aliphatic rings. The fraction of sp³-hybridized carbons (Fsp3) is 0.500. The molecular formula is C12H16BrN3O2. The number of hydrogen-bond donors (Lipinski definition) is 0. The maximum Gasteiger partial charge on any atom is 0.283 e. The van der Waals surface area contributed by atoms with Crippen LogP contribution in [0.4, 0.5) is 11.4 Å². The van der Waals surface area contributed by atoms with Gasteiger partial charge in [0.1, 0.15) is 0 Å². The van der Waals surface area contributed by atoms with E-state index in [1.165, 1.54) is 0 Å². The van der Waals surface area contributed by atoms with Gasteiger partial charge in [-0.25, -0.2) is 0 Å². The zero-order valence-corrected chi connectivity index (χ0v) is 12.1. The van der Waals surface area contributed by atoms with Gasteiger partial charge in [0.15, 0.2) is 0 Å². The lowest BCUT2D eigenvalue weighted by molar-refractivity contribution is -0.385. The summed E-state index contributed by atoms with van der Waals surface area (Å²) in [7, 11) is 4.17. The van der Waals surface area contributed by atoms with E-state index in [2.05, 4.69) is 39.8 Å². The standard InChI is InChI=1S/C12H16BrN3O2/c1-14(2)10-5-6-15(8-10)9-3-4-12(16(17)18)11(13)7-9/h3-4,7,10H,5-6,8H2,1-2H3/t10-/m1/s1. The molecule has 0 amide bonds. The average Bonchev–Trinajstić information content (AvgIpc) is 2.77. The lowest BCUT2D eigenvalue weighted by atomic mass is 10.2. The van der Waals surface area contributed by atoms with Crippen LogP contribution in [-0.4, -0.2) is 43.0 Å². The van der Waals surface area contributed by atoms with E-state index in [4.69, 9.17) is 0 Å². The van der Waals surface area contributed by atoms with Crippen molar-refractivity contribution in [3.05, 3.63) is 32.8 Å². The number of nitro benzene ring substituents is 1. The summed E-state index contributed by atoms with van der Waals surface area (Å²) in [6.07, 6.45) is 1.13. The highest BCUT2D eigenvalue weighted by Gasteiger charge is 2.25. The van der Waals surface area contributed by atoms with Crippen LogP contribution in [0.3, 0.4) is 0 Å². The van der Waals surface area contributed by atoms with Crippen LogP contribution in [-0.2, 0) is 0 Å². The van der Waals surface area contributed by atoms with Gasteiger partial charge in [0.05, 0.1) is 9.40 Å². The molecule has 6 heteroatoms. The minimum absolute atomic E-state index is 0.113. The lowest BCUT2D eigenvalue weighted by Gasteiger charge is -2.21. The quantitative estimate of drug-likeness (QED) is 0.635. The molecule has 0 N–H and O–H groups in total. The number of rotatable bonds is 3. The molecule has 1 saturated heterocycles. The van der Waals surface area contributed by atoms with Gasteiger partial charge in [-0.3, -0.25) is 10.1 Å². The smallest absolute Gasteiger partial charge is 0.283 e. The Morgan fingerprint density at radius 3 is 2.72 bits per heavy atom. The molecule has 0 radical (unpaired) electrons. The lowest BCUT2D eigenvalue weighted by Crippen LogP contribution is -2.31. The van der Waals surface area contributed by atoms with Crippen LogP contribution in [0.5, 0.6) is 0 Å². The predicted molar refractivity (Wildman–Crippen MR) is 75.1 cm³/mol. The van der Waals surface area contributed by atoms with E-state index in [-0.39, 0.29) is 10.6 Å². The fourth-order valence-corrected chi connectivity index (χ4v) is 2.75. The van der Waals surface area contributed by atoms with Gasteiger partial charge in [0.25, 0.3) is 5.69 Å². The summed E-state index contributed by atoms with van der Waals surface area (Å²) in [6, 6.07) is 5.76. The first kappa shape index (κ1) is 13.3. The molecule has 0 aliphatic carbocycles. The Kier molecular flexibility index (Phi) is 3.87. The Labute approximate surface area is 115 Å². The Bertz CT molecular complexity index is 465. The third-order valence-corrected chi connectivity index (χ3v) is 4.02. The van der Waals surface area contributed by atoms with Crippen molar-refractivity contribution in [2.75, 3.05) is 32.1 Å². The Hall–Kier alpha value is -1.14. The molecule has 1 heterocycles. The summed E-state index contributed by atoms with van der Waals surface area (Å²) in [5, 5.41) is 10.8. The Balaban J connectivity index is 2.16. The highest BCUT2D eigenvalue weighted by atomic mass is 79.9. The zero-order chi connectivity index (χ0) is 13.3. The molecule has 1 fully saturated rings. The van der Waals surface area contributed by atoms with E-state index < -0.39 is 0 Å². The molecule has 0 unspecified atom stereocenters. The first-order valence-electron chi connectivity index (χ1n) is 5.84. The van der Waals surface area contributed by atoms with Gasteiger partial charge in [0.2, 0.25) is 0 Å². The predicted octanol–water partition coefficient (Wildman–Crippen LogP) is 2.50. The summed E-state index contributed by atoms with van der Waals surface area (Å²) < 4.78 is 0.540. The number of halogens is 1. The van der Waals surface area contributed by atoms with Gasteiger partial charge < -0.3 is 9.80 Å². The van der Waals surface area contributed by atoms with Crippen LogP contribution in [0.25, 0.3) is 0 Å². The largest absolute Gasteiger partial charge is 0.370 e. The summed E-state index contributed by atoms with van der Waals surface area (Å²) >= 11 is 3.26. The van der Waals surface area contributed by atoms with Crippen LogP contribution in [0.1, 0.15) is 6.42 Å². The number of benzene rings is 1. The number of nitrogens with zero attached hydrogens (tertiary/aromatic N) is 3. The van der Waals surface area contributed by atoms with Crippen LogP contribution in [0, 0.1) is 10.1 Å². The minimum Gasteiger partial charge on any atom is -0.370 e. The maximum atomic E-state index is 10.8. The van der Waals surface area contributed by atoms with Crippen LogP contribution < -0.4 is 4.90 Å². The fourth-order valence-electron chi connectivity index (χ4n) is 2.24. The summed E-state index contributed by atoms with van der Waals surface area (Å²) in [5.74, 6) is 0. The molecule has 18 heavy (non-hydrogen) atoms. The molecule has 0 aromatic heterocycles. The average molecular weight is 314 g/mol. The third kappa shape index (κ3) is 2.64. The third-order valence-electron chi connectivity index (χ3n) is 3.39. The van der Waals surface area contributed by atoms with E-state index >= 15 is 0 Å². The second-order valence-electron chi connectivity index (χ2n) is 4.74. The van der Waals surface area contributed by atoms with Gasteiger partial charge in [0, 0.05) is 30.9 Å². The number of likely N-dealkylation sites (N-methyl/N-ethyl adjacent to an activating group) is 1. The van der Waals surface area contributed by atoms with E-state index in [1.54, 1.807) is 6.07 Å². The van der Waals surface area contributed by atoms with Gasteiger partial charge >= 0.3 is 0 Å². The maximum absolute atomic E-state index is 10.8. The molecule has 1 aromatic rings. The van der Waals surface area contributed by atoms with Crippen LogP contribution in [0.2, 0.25) is 0 Å². The normalized spacial score (nSPS) is 19.6. The van der Waals surface area contributed by atoms with Crippen molar-refractivity contribution >= 4 is 27.3 Å². The summed E-state index contributed by atoms with van der Waals surface area (Å²) in [5.41, 5.74) is 1.15. The van der Waals surface area contributed by atoms with Crippen molar-refractivity contribution in [3.63, 3.8) is 0 Å². The molecule has 5 nitrogen and oxygen atoms in total. The summed E-state index contributed by atoms with van der Waals surface area (Å²) in [6.45, 7) is 1.96. The molecule has 0 spiro atoms. The number of nitro groups is 1.